The maximum atomic E-state index is 13.2. The van der Waals surface area contributed by atoms with Gasteiger partial charge in [-0.2, -0.15) is 0 Å². The highest BCUT2D eigenvalue weighted by atomic mass is 35.5. The molecule has 0 amide bonds. The van der Waals surface area contributed by atoms with Crippen molar-refractivity contribution in [3.05, 3.63) is 34.6 Å². The van der Waals surface area contributed by atoms with Gasteiger partial charge in [0.15, 0.2) is 0 Å². The molecule has 2 nitrogen and oxygen atoms in total. The molecule has 3 N–H and O–H groups in total. The van der Waals surface area contributed by atoms with Crippen LogP contribution in [0.5, 0.6) is 0 Å². The molecule has 1 aromatic rings. The highest BCUT2D eigenvalue weighted by Gasteiger charge is 2.29. The fraction of sp³-hybridized carbons (Fsp3) is 0.538. The molecule has 0 bridgehead atoms. The second-order valence-corrected chi connectivity index (χ2v) is 5.20. The summed E-state index contributed by atoms with van der Waals surface area (Å²) in [7, 11) is 0. The Morgan fingerprint density at radius 2 is 1.94 bits per heavy atom. The monoisotopic (exact) mass is 257 g/mol. The van der Waals surface area contributed by atoms with Gasteiger partial charge < -0.3 is 10.8 Å². The first kappa shape index (κ1) is 12.8. The van der Waals surface area contributed by atoms with Crippen LogP contribution in [0.4, 0.5) is 4.39 Å². The fourth-order valence-electron chi connectivity index (χ4n) is 2.56. The largest absolute Gasteiger partial charge is 0.391 e. The minimum Gasteiger partial charge on any atom is -0.391 e. The predicted octanol–water partition coefficient (Wildman–Crippen LogP) is 3.03. The molecule has 0 saturated heterocycles. The summed E-state index contributed by atoms with van der Waals surface area (Å²) in [6.07, 6.45) is 3.65. The lowest BCUT2D eigenvalue weighted by Crippen LogP contribution is -2.32. The number of hydrogen-bond acceptors (Lipinski definition) is 2. The predicted molar refractivity (Wildman–Crippen MR) is 66.3 cm³/mol. The van der Waals surface area contributed by atoms with E-state index >= 15 is 0 Å². The molecule has 1 aliphatic carbocycles. The lowest BCUT2D eigenvalue weighted by Gasteiger charge is -2.24. The summed E-state index contributed by atoms with van der Waals surface area (Å²) < 4.78 is 13.2. The van der Waals surface area contributed by atoms with Crippen molar-refractivity contribution in [1.29, 1.82) is 0 Å². The molecule has 0 unspecified atom stereocenters. The molecule has 0 spiro atoms. The van der Waals surface area contributed by atoms with Crippen LogP contribution in [-0.2, 0) is 0 Å². The normalized spacial score (nSPS) is 20.5. The lowest BCUT2D eigenvalue weighted by molar-refractivity contribution is 0.0844. The number of aliphatic hydroxyl groups excluding tert-OH is 1. The summed E-state index contributed by atoms with van der Waals surface area (Å²) in [5, 5.41) is 10.5. The van der Waals surface area contributed by atoms with Gasteiger partial charge in [-0.05, 0) is 42.5 Å². The quantitative estimate of drug-likeness (QED) is 0.874. The van der Waals surface area contributed by atoms with Crippen molar-refractivity contribution >= 4 is 11.6 Å². The highest BCUT2D eigenvalue weighted by molar-refractivity contribution is 6.30. The number of hydrogen-bond donors (Lipinski definition) is 2. The first-order valence-corrected chi connectivity index (χ1v) is 6.35. The van der Waals surface area contributed by atoms with E-state index in [-0.39, 0.29) is 5.92 Å². The summed E-state index contributed by atoms with van der Waals surface area (Å²) in [5.41, 5.74) is 6.55. The van der Waals surface area contributed by atoms with Crippen LogP contribution in [0.25, 0.3) is 0 Å². The second kappa shape index (κ2) is 5.34. The number of halogens is 2. The van der Waals surface area contributed by atoms with Crippen molar-refractivity contribution in [1.82, 2.24) is 0 Å². The Morgan fingerprint density at radius 1 is 1.29 bits per heavy atom. The van der Waals surface area contributed by atoms with E-state index in [0.29, 0.717) is 10.6 Å². The fourth-order valence-corrected chi connectivity index (χ4v) is 2.79. The van der Waals surface area contributed by atoms with Gasteiger partial charge in [-0.25, -0.2) is 4.39 Å². The first-order chi connectivity index (χ1) is 8.08. The second-order valence-electron chi connectivity index (χ2n) is 4.76. The topological polar surface area (TPSA) is 46.2 Å². The third-order valence-corrected chi connectivity index (χ3v) is 3.74. The smallest absolute Gasteiger partial charge is 0.125 e. The Bertz CT molecular complexity index is 373. The average molecular weight is 258 g/mol. The maximum Gasteiger partial charge on any atom is 0.125 e. The Hall–Kier alpha value is -0.640. The zero-order valence-corrected chi connectivity index (χ0v) is 10.3. The van der Waals surface area contributed by atoms with E-state index in [2.05, 4.69) is 0 Å². The van der Waals surface area contributed by atoms with Crippen LogP contribution in [0.2, 0.25) is 5.02 Å². The van der Waals surface area contributed by atoms with Crippen molar-refractivity contribution in [3.63, 3.8) is 0 Å². The van der Waals surface area contributed by atoms with E-state index in [1.807, 2.05) is 0 Å². The SMILES string of the molecule is N[C@H](c1cc(F)cc(Cl)c1)[C@@H](O)C1CCCC1. The molecule has 94 valence electrons. The summed E-state index contributed by atoms with van der Waals surface area (Å²) in [6.45, 7) is 0. The van der Waals surface area contributed by atoms with Crippen LogP contribution in [-0.4, -0.2) is 11.2 Å². The Balaban J connectivity index is 2.14. The van der Waals surface area contributed by atoms with E-state index in [0.717, 1.165) is 25.7 Å². The zero-order chi connectivity index (χ0) is 12.4. The molecule has 1 saturated carbocycles. The van der Waals surface area contributed by atoms with E-state index in [1.165, 1.54) is 12.1 Å². The van der Waals surface area contributed by atoms with Gasteiger partial charge >= 0.3 is 0 Å². The number of aliphatic hydroxyl groups is 1. The van der Waals surface area contributed by atoms with Crippen LogP contribution < -0.4 is 5.73 Å². The molecule has 1 aromatic carbocycles. The maximum absolute atomic E-state index is 13.2. The standard InChI is InChI=1S/C13H17ClFNO/c14-10-5-9(6-11(15)7-10)12(16)13(17)8-3-1-2-4-8/h5-8,12-13,17H,1-4,16H2/t12-,13+/m1/s1. The van der Waals surface area contributed by atoms with E-state index in [4.69, 9.17) is 17.3 Å². The number of rotatable bonds is 3. The molecule has 0 aliphatic heterocycles. The molecule has 1 aliphatic rings. The van der Waals surface area contributed by atoms with Gasteiger partial charge in [0.25, 0.3) is 0 Å². The van der Waals surface area contributed by atoms with Crippen molar-refractivity contribution in [2.75, 3.05) is 0 Å². The average Bonchev–Trinajstić information content (AvgIpc) is 2.79. The summed E-state index contributed by atoms with van der Waals surface area (Å²) >= 11 is 5.78. The summed E-state index contributed by atoms with van der Waals surface area (Å²) in [4.78, 5) is 0. The molecule has 17 heavy (non-hydrogen) atoms. The third kappa shape index (κ3) is 2.97. The third-order valence-electron chi connectivity index (χ3n) is 3.52. The van der Waals surface area contributed by atoms with E-state index < -0.39 is 18.0 Å². The van der Waals surface area contributed by atoms with E-state index in [9.17, 15) is 9.50 Å². The molecule has 1 fully saturated rings. The minimum atomic E-state index is -0.615. The van der Waals surface area contributed by atoms with Gasteiger partial charge in [-0.15, -0.1) is 0 Å². The molecule has 2 atom stereocenters. The van der Waals surface area contributed by atoms with E-state index in [1.54, 1.807) is 6.07 Å². The molecule has 2 rings (SSSR count). The van der Waals surface area contributed by atoms with Crippen LogP contribution in [0.1, 0.15) is 37.3 Å². The Morgan fingerprint density at radius 3 is 2.53 bits per heavy atom. The molecular weight excluding hydrogens is 241 g/mol. The molecule has 0 aromatic heterocycles. The van der Waals surface area contributed by atoms with Gasteiger partial charge in [0.05, 0.1) is 12.1 Å². The molecular formula is C13H17ClFNO. The van der Waals surface area contributed by atoms with Crippen molar-refractivity contribution in [3.8, 4) is 0 Å². The van der Waals surface area contributed by atoms with Crippen LogP contribution in [0.15, 0.2) is 18.2 Å². The lowest BCUT2D eigenvalue weighted by atomic mass is 9.91. The zero-order valence-electron chi connectivity index (χ0n) is 9.57. The van der Waals surface area contributed by atoms with Crippen molar-refractivity contribution in [2.24, 2.45) is 11.7 Å². The molecule has 0 heterocycles. The highest BCUT2D eigenvalue weighted by Crippen LogP contribution is 2.33. The van der Waals surface area contributed by atoms with Gasteiger partial charge in [0, 0.05) is 5.02 Å². The molecule has 0 radical (unpaired) electrons. The number of nitrogens with two attached hydrogens (primary N) is 1. The van der Waals surface area contributed by atoms with Gasteiger partial charge in [0.2, 0.25) is 0 Å². The van der Waals surface area contributed by atoms with Crippen LogP contribution in [0, 0.1) is 11.7 Å². The van der Waals surface area contributed by atoms with Crippen LogP contribution >= 0.6 is 11.6 Å². The molecule has 4 heteroatoms. The Kier molecular flexibility index (Phi) is 4.02. The van der Waals surface area contributed by atoms with Gasteiger partial charge in [-0.1, -0.05) is 24.4 Å². The number of benzene rings is 1. The summed E-state index contributed by atoms with van der Waals surface area (Å²) in [6, 6.07) is 3.63. The van der Waals surface area contributed by atoms with Gasteiger partial charge in [-0.3, -0.25) is 0 Å². The van der Waals surface area contributed by atoms with Crippen molar-refractivity contribution in [2.45, 2.75) is 37.8 Å². The Labute approximate surface area is 106 Å². The van der Waals surface area contributed by atoms with Crippen molar-refractivity contribution < 1.29 is 9.50 Å². The van der Waals surface area contributed by atoms with Crippen LogP contribution in [0.3, 0.4) is 0 Å². The van der Waals surface area contributed by atoms with Gasteiger partial charge in [0.1, 0.15) is 5.82 Å². The minimum absolute atomic E-state index is 0.229. The first-order valence-electron chi connectivity index (χ1n) is 5.97. The summed E-state index contributed by atoms with van der Waals surface area (Å²) in [5.74, 6) is -0.186.